The van der Waals surface area contributed by atoms with Crippen LogP contribution in [0.15, 0.2) is 47.3 Å². The van der Waals surface area contributed by atoms with Gasteiger partial charge in [-0.3, -0.25) is 9.36 Å². The molecule has 2 aliphatic heterocycles. The van der Waals surface area contributed by atoms with E-state index in [1.165, 1.54) is 17.7 Å². The van der Waals surface area contributed by atoms with E-state index in [1.807, 2.05) is 29.7 Å². The van der Waals surface area contributed by atoms with Crippen LogP contribution >= 0.6 is 0 Å². The molecule has 2 aromatic carbocycles. The Balaban J connectivity index is 1.24. The molecule has 3 aromatic rings. The zero-order valence-electron chi connectivity index (χ0n) is 20.1. The summed E-state index contributed by atoms with van der Waals surface area (Å²) in [6.07, 6.45) is 4.70. The summed E-state index contributed by atoms with van der Waals surface area (Å²) in [5.41, 5.74) is 5.18. The molecule has 3 atom stereocenters. The fourth-order valence-electron chi connectivity index (χ4n) is 6.73. The monoisotopic (exact) mass is 475 g/mol. The van der Waals surface area contributed by atoms with Crippen LogP contribution in [0, 0.1) is 24.5 Å². The number of hydrogen-bond donors (Lipinski definition) is 0. The molecule has 0 radical (unpaired) electrons. The summed E-state index contributed by atoms with van der Waals surface area (Å²) in [6, 6.07) is 12.0. The normalized spacial score (nSPS) is 23.6. The minimum Gasteiger partial charge on any atom is -0.302 e. The van der Waals surface area contributed by atoms with Gasteiger partial charge in [0.15, 0.2) is 0 Å². The summed E-state index contributed by atoms with van der Waals surface area (Å²) in [6.45, 7) is 5.31. The maximum atomic E-state index is 14.3. The molecule has 0 unspecified atom stereocenters. The molecular formula is C29H31F2N3O. The lowest BCUT2D eigenvalue weighted by atomic mass is 9.78. The Morgan fingerprint density at radius 3 is 2.63 bits per heavy atom. The van der Waals surface area contributed by atoms with E-state index in [0.29, 0.717) is 12.3 Å². The van der Waals surface area contributed by atoms with Crippen LogP contribution in [-0.4, -0.2) is 34.1 Å². The van der Waals surface area contributed by atoms with E-state index in [1.54, 1.807) is 12.1 Å². The highest BCUT2D eigenvalue weighted by Gasteiger charge is 2.44. The molecule has 0 N–H and O–H groups in total. The Morgan fingerprint density at radius 2 is 1.80 bits per heavy atom. The standard InChI is InChI=1S/C29H31F2N3O/c1-18-22(29(35)34-13-3-2-4-27(34)32-18)11-14-33-15-12-24-26(17-33)25-16-21(31)9-10-23(25)28(24)19-5-7-20(30)8-6-19/h5-10,16,24,26,28H,2-4,11-15,17H2,1H3/t24-,26-,28-/m0/s1. The molecule has 1 aliphatic carbocycles. The molecule has 1 aromatic heterocycles. The highest BCUT2D eigenvalue weighted by Crippen LogP contribution is 2.53. The van der Waals surface area contributed by atoms with Crippen LogP contribution in [0.1, 0.15) is 64.9 Å². The van der Waals surface area contributed by atoms with Gasteiger partial charge in [0.1, 0.15) is 17.5 Å². The Kier molecular flexibility index (Phi) is 5.79. The molecule has 4 nitrogen and oxygen atoms in total. The van der Waals surface area contributed by atoms with Crippen molar-refractivity contribution in [1.29, 1.82) is 0 Å². The number of hydrogen-bond acceptors (Lipinski definition) is 3. The van der Waals surface area contributed by atoms with E-state index in [4.69, 9.17) is 4.98 Å². The van der Waals surface area contributed by atoms with E-state index < -0.39 is 0 Å². The van der Waals surface area contributed by atoms with Gasteiger partial charge in [-0.2, -0.15) is 0 Å². The van der Waals surface area contributed by atoms with Crippen LogP contribution in [0.4, 0.5) is 8.78 Å². The predicted octanol–water partition coefficient (Wildman–Crippen LogP) is 4.96. The van der Waals surface area contributed by atoms with Crippen molar-refractivity contribution in [2.24, 2.45) is 5.92 Å². The topological polar surface area (TPSA) is 38.1 Å². The molecule has 6 rings (SSSR count). The highest BCUT2D eigenvalue weighted by atomic mass is 19.1. The fraction of sp³-hybridized carbons (Fsp3) is 0.448. The largest absolute Gasteiger partial charge is 0.302 e. The SMILES string of the molecule is Cc1nc2n(c(=O)c1CCN1CC[C@@H]3[C@@H](c4ccc(F)cc4)c4ccc(F)cc4[C@H]3C1)CCCC2. The molecule has 0 saturated carbocycles. The van der Waals surface area contributed by atoms with Crippen LogP contribution < -0.4 is 5.56 Å². The zero-order chi connectivity index (χ0) is 24.1. The summed E-state index contributed by atoms with van der Waals surface area (Å²) in [4.78, 5) is 20.3. The van der Waals surface area contributed by atoms with Crippen molar-refractivity contribution >= 4 is 0 Å². The quantitative estimate of drug-likeness (QED) is 0.535. The van der Waals surface area contributed by atoms with E-state index in [-0.39, 0.29) is 29.0 Å². The fourth-order valence-corrected chi connectivity index (χ4v) is 6.73. The van der Waals surface area contributed by atoms with Crippen molar-refractivity contribution in [3.8, 4) is 0 Å². The number of aromatic nitrogens is 2. The first kappa shape index (κ1) is 22.6. The van der Waals surface area contributed by atoms with Crippen molar-refractivity contribution in [3.05, 3.63) is 98.2 Å². The van der Waals surface area contributed by atoms with E-state index >= 15 is 0 Å². The molecule has 182 valence electrons. The van der Waals surface area contributed by atoms with Gasteiger partial charge in [0.05, 0.1) is 0 Å². The van der Waals surface area contributed by atoms with Crippen molar-refractivity contribution in [2.75, 3.05) is 19.6 Å². The predicted molar refractivity (Wildman–Crippen MR) is 132 cm³/mol. The summed E-state index contributed by atoms with van der Waals surface area (Å²) in [7, 11) is 0. The Morgan fingerprint density at radius 1 is 1.00 bits per heavy atom. The van der Waals surface area contributed by atoms with Crippen molar-refractivity contribution in [3.63, 3.8) is 0 Å². The molecular weight excluding hydrogens is 444 g/mol. The number of halogens is 2. The molecule has 6 heteroatoms. The van der Waals surface area contributed by atoms with Gasteiger partial charge >= 0.3 is 0 Å². The number of benzene rings is 2. The van der Waals surface area contributed by atoms with Gasteiger partial charge in [-0.05, 0) is 86.0 Å². The average Bonchev–Trinajstić information content (AvgIpc) is 3.17. The lowest BCUT2D eigenvalue weighted by Crippen LogP contribution is -2.40. The third-order valence-electron chi connectivity index (χ3n) is 8.45. The second kappa shape index (κ2) is 8.98. The van der Waals surface area contributed by atoms with E-state index in [0.717, 1.165) is 80.1 Å². The second-order valence-electron chi connectivity index (χ2n) is 10.4. The van der Waals surface area contributed by atoms with E-state index in [9.17, 15) is 13.6 Å². The second-order valence-corrected chi connectivity index (χ2v) is 10.4. The molecule has 3 heterocycles. The minimum atomic E-state index is -0.236. The van der Waals surface area contributed by atoms with Crippen molar-refractivity contribution in [1.82, 2.24) is 14.5 Å². The average molecular weight is 476 g/mol. The molecule has 0 amide bonds. The van der Waals surface area contributed by atoms with Gasteiger partial charge in [-0.25, -0.2) is 13.8 Å². The van der Waals surface area contributed by atoms with Crippen LogP contribution in [0.2, 0.25) is 0 Å². The van der Waals surface area contributed by atoms with Crippen LogP contribution in [0.5, 0.6) is 0 Å². The van der Waals surface area contributed by atoms with Gasteiger partial charge in [0.25, 0.3) is 5.56 Å². The summed E-state index contributed by atoms with van der Waals surface area (Å²) in [5.74, 6) is 1.25. The summed E-state index contributed by atoms with van der Waals surface area (Å²) >= 11 is 0. The van der Waals surface area contributed by atoms with Gasteiger partial charge in [0.2, 0.25) is 0 Å². The van der Waals surface area contributed by atoms with Crippen LogP contribution in [-0.2, 0) is 19.4 Å². The molecule has 0 bridgehead atoms. The van der Waals surface area contributed by atoms with E-state index in [2.05, 4.69) is 4.90 Å². The van der Waals surface area contributed by atoms with Crippen LogP contribution in [0.3, 0.4) is 0 Å². The highest BCUT2D eigenvalue weighted by molar-refractivity contribution is 5.47. The maximum absolute atomic E-state index is 14.3. The third-order valence-corrected chi connectivity index (χ3v) is 8.45. The lowest BCUT2D eigenvalue weighted by molar-refractivity contribution is 0.162. The number of fused-ring (bicyclic) bond motifs is 4. The first-order valence-corrected chi connectivity index (χ1v) is 12.9. The number of piperidine rings is 1. The van der Waals surface area contributed by atoms with Crippen molar-refractivity contribution in [2.45, 2.75) is 57.4 Å². The number of likely N-dealkylation sites (tertiary alicyclic amines) is 1. The smallest absolute Gasteiger partial charge is 0.256 e. The third kappa shape index (κ3) is 4.02. The van der Waals surface area contributed by atoms with Crippen LogP contribution in [0.25, 0.3) is 0 Å². The number of nitrogens with zero attached hydrogens (tertiary/aromatic N) is 3. The Hall–Kier alpha value is -2.86. The summed E-state index contributed by atoms with van der Waals surface area (Å²) in [5, 5.41) is 0. The molecule has 1 fully saturated rings. The summed E-state index contributed by atoms with van der Waals surface area (Å²) < 4.78 is 29.8. The Bertz CT molecular complexity index is 1320. The van der Waals surface area contributed by atoms with Gasteiger partial charge in [-0.15, -0.1) is 0 Å². The molecule has 1 saturated heterocycles. The number of aryl methyl sites for hydroxylation is 2. The molecule has 0 spiro atoms. The Labute approximate surface area is 204 Å². The van der Waals surface area contributed by atoms with Crippen molar-refractivity contribution < 1.29 is 8.78 Å². The molecule has 3 aliphatic rings. The molecule has 35 heavy (non-hydrogen) atoms. The number of rotatable bonds is 4. The maximum Gasteiger partial charge on any atom is 0.256 e. The zero-order valence-corrected chi connectivity index (χ0v) is 20.1. The van der Waals surface area contributed by atoms with Gasteiger partial charge in [-0.1, -0.05) is 18.2 Å². The van der Waals surface area contributed by atoms with Gasteiger partial charge in [0, 0.05) is 49.1 Å². The minimum absolute atomic E-state index is 0.131. The first-order valence-electron chi connectivity index (χ1n) is 12.9. The first-order chi connectivity index (χ1) is 17.0. The van der Waals surface area contributed by atoms with Gasteiger partial charge < -0.3 is 4.90 Å². The lowest BCUT2D eigenvalue weighted by Gasteiger charge is -2.37.